The van der Waals surface area contributed by atoms with Crippen molar-refractivity contribution in [2.45, 2.75) is 37.6 Å². The second kappa shape index (κ2) is 9.43. The highest BCUT2D eigenvalue weighted by molar-refractivity contribution is 6.42. The summed E-state index contributed by atoms with van der Waals surface area (Å²) in [5.41, 5.74) is 0.752. The van der Waals surface area contributed by atoms with E-state index >= 15 is 0 Å². The number of carboxylic acids is 1. The second-order valence-corrected chi connectivity index (χ2v) is 7.47. The van der Waals surface area contributed by atoms with Gasteiger partial charge in [-0.15, -0.1) is 12.4 Å². The first-order chi connectivity index (χ1) is 11.6. The zero-order chi connectivity index (χ0) is 17.1. The molecule has 1 N–H and O–H groups in total. The second-order valence-electron chi connectivity index (χ2n) is 6.65. The molecule has 0 aromatic heterocycles. The van der Waals surface area contributed by atoms with Gasteiger partial charge in [0.15, 0.2) is 0 Å². The van der Waals surface area contributed by atoms with Crippen molar-refractivity contribution >= 4 is 41.6 Å². The summed E-state index contributed by atoms with van der Waals surface area (Å²) >= 11 is 12.1. The van der Waals surface area contributed by atoms with E-state index in [0.717, 1.165) is 57.6 Å². The van der Waals surface area contributed by atoms with Crippen LogP contribution in [0.15, 0.2) is 18.2 Å². The number of morpholine rings is 1. The Morgan fingerprint density at radius 2 is 1.84 bits per heavy atom. The number of rotatable bonds is 4. The molecule has 2 aliphatic rings. The Morgan fingerprint density at radius 3 is 2.48 bits per heavy atom. The Morgan fingerprint density at radius 1 is 1.16 bits per heavy atom. The maximum Gasteiger partial charge on any atom is 0.311 e. The van der Waals surface area contributed by atoms with E-state index in [1.165, 1.54) is 0 Å². The molecule has 1 heterocycles. The fraction of sp³-hybridized carbons (Fsp3) is 0.611. The number of ether oxygens (including phenoxy) is 1. The third-order valence-corrected chi connectivity index (χ3v) is 6.03. The van der Waals surface area contributed by atoms with Gasteiger partial charge in [-0.25, -0.2) is 0 Å². The Bertz CT molecular complexity index is 593. The molecule has 3 rings (SSSR count). The molecule has 4 nitrogen and oxygen atoms in total. The predicted molar refractivity (Wildman–Crippen MR) is 102 cm³/mol. The first-order valence-corrected chi connectivity index (χ1v) is 9.33. The van der Waals surface area contributed by atoms with E-state index in [0.29, 0.717) is 16.1 Å². The summed E-state index contributed by atoms with van der Waals surface area (Å²) in [6.45, 7) is 3.23. The topological polar surface area (TPSA) is 49.8 Å². The van der Waals surface area contributed by atoms with Crippen LogP contribution in [0.25, 0.3) is 0 Å². The van der Waals surface area contributed by atoms with E-state index in [2.05, 4.69) is 4.90 Å². The quantitative estimate of drug-likeness (QED) is 0.798. The average Bonchev–Trinajstić information content (AvgIpc) is 2.59. The van der Waals surface area contributed by atoms with Gasteiger partial charge in [-0.3, -0.25) is 9.69 Å². The normalized spacial score (nSPS) is 25.8. The Labute approximate surface area is 164 Å². The molecule has 0 amide bonds. The standard InChI is InChI=1S/C18H23Cl2NO3.ClH/c19-14-6-5-12(11-15(14)20)17(18(22)23)13-3-1-2-4-16(13)21-7-9-24-10-8-21;/h5-6,11,13,16-17H,1-4,7-10H2,(H,22,23);1H. The fourth-order valence-electron chi connectivity index (χ4n) is 4.17. The molecule has 7 heteroatoms. The molecule has 2 fully saturated rings. The minimum atomic E-state index is -0.779. The van der Waals surface area contributed by atoms with Gasteiger partial charge < -0.3 is 9.84 Å². The van der Waals surface area contributed by atoms with E-state index in [1.807, 2.05) is 0 Å². The molecule has 1 aromatic rings. The van der Waals surface area contributed by atoms with Crippen molar-refractivity contribution in [2.75, 3.05) is 26.3 Å². The van der Waals surface area contributed by atoms with Crippen molar-refractivity contribution in [2.24, 2.45) is 5.92 Å². The van der Waals surface area contributed by atoms with Crippen molar-refractivity contribution in [3.05, 3.63) is 33.8 Å². The van der Waals surface area contributed by atoms with Gasteiger partial charge in [0.05, 0.1) is 29.2 Å². The van der Waals surface area contributed by atoms with Crippen LogP contribution in [-0.4, -0.2) is 48.3 Å². The number of benzene rings is 1. The molecular weight excluding hydrogens is 385 g/mol. The number of hydrogen-bond donors (Lipinski definition) is 1. The van der Waals surface area contributed by atoms with Crippen LogP contribution in [-0.2, 0) is 9.53 Å². The number of nitrogens with zero attached hydrogens (tertiary/aromatic N) is 1. The summed E-state index contributed by atoms with van der Waals surface area (Å²) in [7, 11) is 0. The van der Waals surface area contributed by atoms with Crippen LogP contribution in [0.1, 0.15) is 37.2 Å². The molecule has 1 aromatic carbocycles. The van der Waals surface area contributed by atoms with E-state index in [9.17, 15) is 9.90 Å². The largest absolute Gasteiger partial charge is 0.481 e. The molecule has 1 aliphatic carbocycles. The predicted octanol–water partition coefficient (Wildman–Crippen LogP) is 4.47. The molecular formula is C18H24Cl3NO3. The van der Waals surface area contributed by atoms with Crippen LogP contribution in [0.3, 0.4) is 0 Å². The fourth-order valence-corrected chi connectivity index (χ4v) is 4.48. The minimum Gasteiger partial charge on any atom is -0.481 e. The van der Waals surface area contributed by atoms with Gasteiger partial charge in [-0.2, -0.15) is 0 Å². The van der Waals surface area contributed by atoms with Crippen molar-refractivity contribution < 1.29 is 14.6 Å². The minimum absolute atomic E-state index is 0. The third-order valence-electron chi connectivity index (χ3n) is 5.29. The van der Waals surface area contributed by atoms with Crippen LogP contribution in [0.4, 0.5) is 0 Å². The monoisotopic (exact) mass is 407 g/mol. The third kappa shape index (κ3) is 4.81. The number of carboxylic acid groups (broad SMARTS) is 1. The molecule has 0 bridgehead atoms. The van der Waals surface area contributed by atoms with Crippen molar-refractivity contribution in [3.8, 4) is 0 Å². The van der Waals surface area contributed by atoms with Crippen LogP contribution in [0, 0.1) is 5.92 Å². The van der Waals surface area contributed by atoms with Crippen molar-refractivity contribution in [1.82, 2.24) is 4.90 Å². The lowest BCUT2D eigenvalue weighted by Crippen LogP contribution is -2.50. The SMILES string of the molecule is Cl.O=C(O)C(c1ccc(Cl)c(Cl)c1)C1CCCCC1N1CCOCC1. The van der Waals surface area contributed by atoms with E-state index in [4.69, 9.17) is 27.9 Å². The number of carbonyl (C=O) groups is 1. The van der Waals surface area contributed by atoms with Gasteiger partial charge >= 0.3 is 5.97 Å². The zero-order valence-electron chi connectivity index (χ0n) is 14.0. The molecule has 0 spiro atoms. The molecule has 3 atom stereocenters. The Kier molecular flexibility index (Phi) is 7.84. The lowest BCUT2D eigenvalue weighted by Gasteiger charge is -2.43. The summed E-state index contributed by atoms with van der Waals surface area (Å²) in [6.07, 6.45) is 4.22. The van der Waals surface area contributed by atoms with E-state index < -0.39 is 11.9 Å². The molecule has 1 saturated heterocycles. The first-order valence-electron chi connectivity index (χ1n) is 8.57. The molecule has 25 heavy (non-hydrogen) atoms. The molecule has 1 aliphatic heterocycles. The van der Waals surface area contributed by atoms with Gasteiger partial charge in [-0.1, -0.05) is 42.1 Å². The lowest BCUT2D eigenvalue weighted by atomic mass is 9.73. The Balaban J connectivity index is 0.00000225. The van der Waals surface area contributed by atoms with Crippen molar-refractivity contribution in [3.63, 3.8) is 0 Å². The van der Waals surface area contributed by atoms with Gasteiger partial charge in [-0.05, 0) is 36.5 Å². The van der Waals surface area contributed by atoms with Crippen LogP contribution < -0.4 is 0 Å². The number of aliphatic carboxylic acids is 1. The highest BCUT2D eigenvalue weighted by Crippen LogP contribution is 2.40. The number of halogens is 3. The summed E-state index contributed by atoms with van der Waals surface area (Å²) in [4.78, 5) is 14.5. The highest BCUT2D eigenvalue weighted by Gasteiger charge is 2.40. The van der Waals surface area contributed by atoms with Gasteiger partial charge in [0.25, 0.3) is 0 Å². The summed E-state index contributed by atoms with van der Waals surface area (Å²) in [6, 6.07) is 5.51. The van der Waals surface area contributed by atoms with Gasteiger partial charge in [0.2, 0.25) is 0 Å². The van der Waals surface area contributed by atoms with Gasteiger partial charge in [0.1, 0.15) is 0 Å². The summed E-state index contributed by atoms with van der Waals surface area (Å²) < 4.78 is 5.46. The summed E-state index contributed by atoms with van der Waals surface area (Å²) in [5.74, 6) is -1.24. The van der Waals surface area contributed by atoms with Crippen LogP contribution in [0.2, 0.25) is 10.0 Å². The van der Waals surface area contributed by atoms with Crippen LogP contribution in [0.5, 0.6) is 0 Å². The van der Waals surface area contributed by atoms with Crippen LogP contribution >= 0.6 is 35.6 Å². The maximum absolute atomic E-state index is 12.1. The molecule has 3 unspecified atom stereocenters. The highest BCUT2D eigenvalue weighted by atomic mass is 35.5. The lowest BCUT2D eigenvalue weighted by molar-refractivity contribution is -0.141. The average molecular weight is 409 g/mol. The number of hydrogen-bond acceptors (Lipinski definition) is 3. The molecule has 140 valence electrons. The molecule has 1 saturated carbocycles. The first kappa shape index (κ1) is 20.8. The summed E-state index contributed by atoms with van der Waals surface area (Å²) in [5, 5.41) is 10.8. The smallest absolute Gasteiger partial charge is 0.311 e. The Hall–Kier alpha value is -0.520. The maximum atomic E-state index is 12.1. The van der Waals surface area contributed by atoms with Crippen molar-refractivity contribution in [1.29, 1.82) is 0 Å². The van der Waals surface area contributed by atoms with Gasteiger partial charge in [0, 0.05) is 19.1 Å². The molecule has 0 radical (unpaired) electrons. The zero-order valence-corrected chi connectivity index (χ0v) is 16.3. The van der Waals surface area contributed by atoms with E-state index in [-0.39, 0.29) is 18.3 Å². The van der Waals surface area contributed by atoms with E-state index in [1.54, 1.807) is 18.2 Å².